The van der Waals surface area contributed by atoms with Gasteiger partial charge in [0.05, 0.1) is 12.6 Å². The number of alkyl halides is 2. The second-order valence-electron chi connectivity index (χ2n) is 6.01. The second-order valence-corrected chi connectivity index (χ2v) is 6.90. The summed E-state index contributed by atoms with van der Waals surface area (Å²) in [5.74, 6) is -2.90. The maximum atomic E-state index is 13.7. The Kier molecular flexibility index (Phi) is 3.75. The van der Waals surface area contributed by atoms with Crippen LogP contribution >= 0.6 is 11.3 Å². The first-order valence-electron chi connectivity index (χ1n) is 6.37. The van der Waals surface area contributed by atoms with Gasteiger partial charge in [-0.3, -0.25) is 4.90 Å². The number of thiazole rings is 1. The minimum Gasteiger partial charge on any atom is -0.444 e. The Balaban J connectivity index is 2.22. The average Bonchev–Trinajstić information content (AvgIpc) is 2.79. The summed E-state index contributed by atoms with van der Waals surface area (Å²) in [5, 5.41) is 2.32. The third kappa shape index (κ3) is 3.45. The third-order valence-corrected chi connectivity index (χ3v) is 3.88. The van der Waals surface area contributed by atoms with E-state index in [0.29, 0.717) is 5.01 Å². The Labute approximate surface area is 120 Å². The predicted molar refractivity (Wildman–Crippen MR) is 72.1 cm³/mol. The minimum absolute atomic E-state index is 0.404. The van der Waals surface area contributed by atoms with E-state index < -0.39 is 36.6 Å². The number of ether oxygens (including phenoxy) is 1. The van der Waals surface area contributed by atoms with E-state index in [2.05, 4.69) is 4.98 Å². The van der Waals surface area contributed by atoms with Crippen molar-refractivity contribution in [1.82, 2.24) is 9.88 Å². The zero-order chi connectivity index (χ0) is 15.1. The van der Waals surface area contributed by atoms with Crippen LogP contribution in [0.15, 0.2) is 5.38 Å². The maximum Gasteiger partial charge on any atom is 0.411 e. The van der Waals surface area contributed by atoms with E-state index in [1.165, 1.54) is 11.3 Å². The first-order valence-corrected chi connectivity index (χ1v) is 7.25. The molecular weight excluding hydrogens is 286 g/mol. The highest BCUT2D eigenvalue weighted by Crippen LogP contribution is 2.42. The number of hydrogen-bond donors (Lipinski definition) is 0. The van der Waals surface area contributed by atoms with Gasteiger partial charge in [0.1, 0.15) is 10.6 Å². The molecule has 7 heteroatoms. The molecule has 1 fully saturated rings. The van der Waals surface area contributed by atoms with Gasteiger partial charge in [-0.25, -0.2) is 18.6 Å². The topological polar surface area (TPSA) is 42.4 Å². The van der Waals surface area contributed by atoms with Crippen LogP contribution in [0.3, 0.4) is 0 Å². The van der Waals surface area contributed by atoms with Gasteiger partial charge in [0.15, 0.2) is 0 Å². The highest BCUT2D eigenvalue weighted by molar-refractivity contribution is 7.09. The van der Waals surface area contributed by atoms with Crippen molar-refractivity contribution in [2.45, 2.75) is 51.7 Å². The normalized spacial score (nSPS) is 22.1. The van der Waals surface area contributed by atoms with E-state index >= 15 is 0 Å². The predicted octanol–water partition coefficient (Wildman–Crippen LogP) is 3.77. The van der Waals surface area contributed by atoms with Crippen LogP contribution in [-0.2, 0) is 4.74 Å². The van der Waals surface area contributed by atoms with Crippen LogP contribution in [0.4, 0.5) is 13.6 Å². The molecule has 0 spiro atoms. The molecule has 0 aromatic carbocycles. The average molecular weight is 304 g/mol. The fourth-order valence-corrected chi connectivity index (χ4v) is 2.98. The van der Waals surface area contributed by atoms with Crippen LogP contribution < -0.4 is 0 Å². The second kappa shape index (κ2) is 4.95. The van der Waals surface area contributed by atoms with E-state index in [-0.39, 0.29) is 0 Å². The molecule has 112 valence electrons. The van der Waals surface area contributed by atoms with Gasteiger partial charge in [0.2, 0.25) is 0 Å². The Morgan fingerprint density at radius 2 is 2.20 bits per heavy atom. The van der Waals surface area contributed by atoms with E-state index in [0.717, 1.165) is 10.6 Å². The zero-order valence-electron chi connectivity index (χ0n) is 11.9. The number of likely N-dealkylation sites (tertiary alicyclic amines) is 1. The molecule has 0 aliphatic carbocycles. The number of nitrogens with zero attached hydrogens (tertiary/aromatic N) is 2. The van der Waals surface area contributed by atoms with Crippen LogP contribution in [-0.4, -0.2) is 34.0 Å². The molecule has 20 heavy (non-hydrogen) atoms. The fraction of sp³-hybridized carbons (Fsp3) is 0.692. The van der Waals surface area contributed by atoms with E-state index in [1.807, 2.05) is 0 Å². The Hall–Kier alpha value is -1.24. The lowest BCUT2D eigenvalue weighted by Crippen LogP contribution is -2.37. The van der Waals surface area contributed by atoms with Crippen LogP contribution in [0.5, 0.6) is 0 Å². The number of aryl methyl sites for hydroxylation is 1. The van der Waals surface area contributed by atoms with Gasteiger partial charge in [-0.2, -0.15) is 0 Å². The molecule has 0 radical (unpaired) electrons. The summed E-state index contributed by atoms with van der Waals surface area (Å²) in [6, 6.07) is -0.710. The molecule has 1 aromatic rings. The molecule has 0 unspecified atom stereocenters. The number of amides is 1. The summed E-state index contributed by atoms with van der Waals surface area (Å²) < 4.78 is 32.5. The molecule has 1 atom stereocenters. The molecule has 1 aliphatic heterocycles. The number of carbonyl (C=O) groups is 1. The molecule has 2 heterocycles. The van der Waals surface area contributed by atoms with Gasteiger partial charge in [-0.15, -0.1) is 11.3 Å². The molecular formula is C13H18F2N2O2S. The van der Waals surface area contributed by atoms with E-state index in [9.17, 15) is 13.6 Å². The number of aromatic nitrogens is 1. The Morgan fingerprint density at radius 3 is 2.70 bits per heavy atom. The molecule has 0 N–H and O–H groups in total. The lowest BCUT2D eigenvalue weighted by atomic mass is 10.2. The van der Waals surface area contributed by atoms with Crippen molar-refractivity contribution in [2.75, 3.05) is 6.54 Å². The minimum atomic E-state index is -2.90. The van der Waals surface area contributed by atoms with Crippen molar-refractivity contribution < 1.29 is 18.3 Å². The molecule has 1 amide bonds. The van der Waals surface area contributed by atoms with Crippen molar-refractivity contribution >= 4 is 17.4 Å². The van der Waals surface area contributed by atoms with Crippen molar-refractivity contribution in [2.24, 2.45) is 0 Å². The summed E-state index contributed by atoms with van der Waals surface area (Å²) in [5.41, 5.74) is 0.0579. The van der Waals surface area contributed by atoms with Gasteiger partial charge in [-0.05, 0) is 27.7 Å². The molecule has 1 saturated heterocycles. The number of rotatable bonds is 1. The highest BCUT2D eigenvalue weighted by atomic mass is 32.1. The molecule has 4 nitrogen and oxygen atoms in total. The summed E-state index contributed by atoms with van der Waals surface area (Å²) >= 11 is 1.29. The third-order valence-electron chi connectivity index (χ3n) is 2.82. The lowest BCUT2D eigenvalue weighted by Gasteiger charge is -2.27. The van der Waals surface area contributed by atoms with Crippen LogP contribution in [0.25, 0.3) is 0 Å². The summed E-state index contributed by atoms with van der Waals surface area (Å²) in [6.45, 7) is 6.31. The number of halogens is 2. The standard InChI is InChI=1S/C13H18F2N2O2S/c1-8-6-20-10(16-8)9-5-13(14,15)7-17(9)11(18)19-12(2,3)4/h6,9H,5,7H2,1-4H3/t9-/m1/s1. The smallest absolute Gasteiger partial charge is 0.411 e. The van der Waals surface area contributed by atoms with E-state index in [1.54, 1.807) is 33.1 Å². The monoisotopic (exact) mass is 304 g/mol. The lowest BCUT2D eigenvalue weighted by molar-refractivity contribution is -0.00243. The van der Waals surface area contributed by atoms with Gasteiger partial charge in [0, 0.05) is 17.5 Å². The maximum absolute atomic E-state index is 13.7. The molecule has 2 rings (SSSR count). The SMILES string of the molecule is Cc1csc([C@H]2CC(F)(F)CN2C(=O)OC(C)(C)C)n1. The van der Waals surface area contributed by atoms with E-state index in [4.69, 9.17) is 4.74 Å². The molecule has 1 aliphatic rings. The summed E-state index contributed by atoms with van der Waals surface area (Å²) in [7, 11) is 0. The van der Waals surface area contributed by atoms with Gasteiger partial charge in [0.25, 0.3) is 5.92 Å². The Bertz CT molecular complexity index is 511. The molecule has 0 bridgehead atoms. The highest BCUT2D eigenvalue weighted by Gasteiger charge is 2.49. The van der Waals surface area contributed by atoms with Gasteiger partial charge < -0.3 is 4.74 Å². The molecule has 0 saturated carbocycles. The number of carbonyl (C=O) groups excluding carboxylic acids is 1. The first-order chi connectivity index (χ1) is 9.07. The first kappa shape index (κ1) is 15.2. The molecule has 1 aromatic heterocycles. The van der Waals surface area contributed by atoms with Crippen molar-refractivity contribution in [1.29, 1.82) is 0 Å². The summed E-state index contributed by atoms with van der Waals surface area (Å²) in [4.78, 5) is 17.4. The van der Waals surface area contributed by atoms with Gasteiger partial charge >= 0.3 is 6.09 Å². The quantitative estimate of drug-likeness (QED) is 0.793. The van der Waals surface area contributed by atoms with Crippen LogP contribution in [0.1, 0.15) is 43.9 Å². The summed E-state index contributed by atoms with van der Waals surface area (Å²) in [6.07, 6.45) is -1.12. The fourth-order valence-electron chi connectivity index (χ4n) is 2.08. The Morgan fingerprint density at radius 1 is 1.55 bits per heavy atom. The van der Waals surface area contributed by atoms with Crippen LogP contribution in [0, 0.1) is 6.92 Å². The largest absolute Gasteiger partial charge is 0.444 e. The van der Waals surface area contributed by atoms with Crippen molar-refractivity contribution in [3.8, 4) is 0 Å². The van der Waals surface area contributed by atoms with Gasteiger partial charge in [-0.1, -0.05) is 0 Å². The van der Waals surface area contributed by atoms with Crippen molar-refractivity contribution in [3.05, 3.63) is 16.1 Å². The van der Waals surface area contributed by atoms with Crippen molar-refractivity contribution in [3.63, 3.8) is 0 Å². The zero-order valence-corrected chi connectivity index (χ0v) is 12.8. The number of hydrogen-bond acceptors (Lipinski definition) is 4. The van der Waals surface area contributed by atoms with Crippen LogP contribution in [0.2, 0.25) is 0 Å².